The van der Waals surface area contributed by atoms with Gasteiger partial charge in [0.2, 0.25) is 12.2 Å². The Morgan fingerprint density at radius 2 is 1.80 bits per heavy atom. The van der Waals surface area contributed by atoms with Crippen LogP contribution in [0.25, 0.3) is 11.0 Å². The zero-order valence-electron chi connectivity index (χ0n) is 31.2. The van der Waals surface area contributed by atoms with Crippen molar-refractivity contribution in [1.82, 2.24) is 29.2 Å². The fourth-order valence-corrected chi connectivity index (χ4v) is 6.77. The van der Waals surface area contributed by atoms with Crippen molar-refractivity contribution < 1.29 is 49.0 Å². The van der Waals surface area contributed by atoms with E-state index in [0.717, 1.165) is 12.0 Å². The van der Waals surface area contributed by atoms with Crippen molar-refractivity contribution in [1.29, 1.82) is 5.26 Å². The Labute approximate surface area is 323 Å². The molecule has 0 saturated carbocycles. The summed E-state index contributed by atoms with van der Waals surface area (Å²) in [7, 11) is 5.33. The van der Waals surface area contributed by atoms with Crippen LogP contribution in [-0.4, -0.2) is 157 Å². The molecule has 0 unspecified atom stereocenters. The Bertz CT molecular complexity index is 1940. The van der Waals surface area contributed by atoms with E-state index in [-0.39, 0.29) is 47.8 Å². The van der Waals surface area contributed by atoms with Crippen LogP contribution in [0.4, 0.5) is 10.6 Å². The molecule has 2 amide bonds. The number of benzene rings is 1. The number of likely N-dealkylation sites (N-methyl/N-ethyl adjacent to an activating group) is 3. The van der Waals surface area contributed by atoms with Crippen molar-refractivity contribution in [3.63, 3.8) is 0 Å². The number of aliphatic hydroxyl groups excluding tert-OH is 3. The summed E-state index contributed by atoms with van der Waals surface area (Å²) in [6, 6.07) is 8.38. The number of nitrogens with zero attached hydrogens (tertiary/aromatic N) is 8. The van der Waals surface area contributed by atoms with Gasteiger partial charge in [-0.2, -0.15) is 5.26 Å². The van der Waals surface area contributed by atoms with Gasteiger partial charge in [0.05, 0.1) is 17.5 Å². The van der Waals surface area contributed by atoms with Crippen LogP contribution in [0.3, 0.4) is 0 Å². The number of amides is 2. The summed E-state index contributed by atoms with van der Waals surface area (Å²) in [6.45, 7) is 5.68. The predicted octanol–water partition coefficient (Wildman–Crippen LogP) is 0.931. The lowest BCUT2D eigenvalue weighted by Crippen LogP contribution is -2.61. The van der Waals surface area contributed by atoms with Gasteiger partial charge in [-0.05, 0) is 60.8 Å². The number of aryl methyl sites for hydroxylation is 1. The van der Waals surface area contributed by atoms with E-state index in [4.69, 9.17) is 31.7 Å². The van der Waals surface area contributed by atoms with Crippen LogP contribution in [0.5, 0.6) is 5.75 Å². The van der Waals surface area contributed by atoms with E-state index in [1.165, 1.54) is 10.9 Å². The maximum absolute atomic E-state index is 13.6. The number of aliphatic hydroxyl groups is 3. The number of carbonyl (C=O) groups excluding carboxylic acids is 2. The summed E-state index contributed by atoms with van der Waals surface area (Å²) in [4.78, 5) is 53.4. The van der Waals surface area contributed by atoms with Gasteiger partial charge in [0, 0.05) is 53.5 Å². The van der Waals surface area contributed by atoms with Crippen molar-refractivity contribution >= 4 is 52.2 Å². The number of piperidine rings is 1. The predicted molar refractivity (Wildman–Crippen MR) is 200 cm³/mol. The maximum atomic E-state index is 13.6. The van der Waals surface area contributed by atoms with E-state index in [0.29, 0.717) is 48.6 Å². The van der Waals surface area contributed by atoms with Crippen LogP contribution in [0.15, 0.2) is 36.8 Å². The van der Waals surface area contributed by atoms with Gasteiger partial charge in [-0.15, -0.1) is 0 Å². The molecule has 2 aromatic heterocycles. The van der Waals surface area contributed by atoms with Crippen LogP contribution in [0.2, 0.25) is 0 Å². The Kier molecular flexibility index (Phi) is 13.1. The molecule has 0 radical (unpaired) electrons. The fraction of sp³-hybridized carbons (Fsp3) is 0.528. The third kappa shape index (κ3) is 9.06. The lowest BCUT2D eigenvalue weighted by molar-refractivity contribution is -0.271. The van der Waals surface area contributed by atoms with Gasteiger partial charge in [0.25, 0.3) is 5.17 Å². The largest absolute Gasteiger partial charge is 0.479 e. The van der Waals surface area contributed by atoms with Crippen molar-refractivity contribution in [3.8, 4) is 11.8 Å². The second kappa shape index (κ2) is 17.6. The number of aromatic nitrogens is 3. The Balaban J connectivity index is 1.14. The Hall–Kier alpha value is -5.13. The molecule has 7 atom stereocenters. The molecule has 18 nitrogen and oxygen atoms in total. The highest BCUT2D eigenvalue weighted by atomic mass is 32.1. The van der Waals surface area contributed by atoms with Crippen LogP contribution < -0.4 is 9.64 Å². The number of hydrogen-bond acceptors (Lipinski definition) is 14. The summed E-state index contributed by atoms with van der Waals surface area (Å²) < 4.78 is 18.1. The van der Waals surface area contributed by atoms with Gasteiger partial charge in [0.15, 0.2) is 11.8 Å². The number of nitriles is 1. The van der Waals surface area contributed by atoms with Crippen LogP contribution in [-0.2, 0) is 25.7 Å². The van der Waals surface area contributed by atoms with Gasteiger partial charge in [-0.1, -0.05) is 13.0 Å². The molecule has 0 bridgehead atoms. The highest BCUT2D eigenvalue weighted by Crippen LogP contribution is 2.30. The normalized spacial score (nSPS) is 23.8. The summed E-state index contributed by atoms with van der Waals surface area (Å²) in [5.74, 6) is -0.543. The van der Waals surface area contributed by atoms with Gasteiger partial charge in [0.1, 0.15) is 49.2 Å². The standard InChI is InChI=1S/C36H46N8O10S/c1-20-9-12-43(26(45)8-11-37)17-24(20)42(5)31-23-10-13-44(32(23)39-19-38-31)35(51)40(3)14-15-41(4)36(55)52-18-22-6-7-25(21(2)16-22)53-34-29(48)27(46)28(47)30(54-34)33(49)50/h6-7,10,13,16,19-20,24,27-30,34,46-48H,8-9,12,14-15,17-18H2,1-5H3,(H,49,50)/t20-,24+,27+,28+,29-,30+,34-/m1/s1. The average molecular weight is 783 g/mol. The number of fused-ring (bicyclic) bond motifs is 1. The molecule has 2 aliphatic heterocycles. The van der Waals surface area contributed by atoms with Gasteiger partial charge < -0.3 is 54.2 Å². The number of thiocarbonyl (C=S) groups is 1. The van der Waals surface area contributed by atoms with Crippen molar-refractivity contribution in [2.45, 2.75) is 70.0 Å². The fourth-order valence-electron chi connectivity index (χ4n) is 6.62. The second-order valence-corrected chi connectivity index (χ2v) is 14.2. The first kappa shape index (κ1) is 41.0. The summed E-state index contributed by atoms with van der Waals surface area (Å²) >= 11 is 5.48. The summed E-state index contributed by atoms with van der Waals surface area (Å²) in [5.41, 5.74) is 1.77. The van der Waals surface area contributed by atoms with Gasteiger partial charge in [-0.25, -0.2) is 19.6 Å². The summed E-state index contributed by atoms with van der Waals surface area (Å²) in [6.07, 6.45) is -4.91. The molecule has 1 aromatic carbocycles. The molecule has 4 heterocycles. The van der Waals surface area contributed by atoms with Gasteiger partial charge in [-0.3, -0.25) is 9.36 Å². The first-order chi connectivity index (χ1) is 26.1. The molecule has 0 spiro atoms. The molecular weight excluding hydrogens is 737 g/mol. The number of anilines is 1. The molecule has 0 aliphatic carbocycles. The number of hydrogen-bond donors (Lipinski definition) is 4. The van der Waals surface area contributed by atoms with E-state index < -0.39 is 36.7 Å². The first-order valence-corrected chi connectivity index (χ1v) is 18.0. The quantitative estimate of drug-likeness (QED) is 0.199. The number of ether oxygens (including phenoxy) is 3. The van der Waals surface area contributed by atoms with Crippen molar-refractivity contribution in [3.05, 3.63) is 47.9 Å². The van der Waals surface area contributed by atoms with Crippen molar-refractivity contribution in [2.24, 2.45) is 5.92 Å². The van der Waals surface area contributed by atoms with Crippen LogP contribution in [0, 0.1) is 24.2 Å². The number of rotatable bonds is 11. The van der Waals surface area contributed by atoms with Gasteiger partial charge >= 0.3 is 12.0 Å². The molecule has 296 valence electrons. The first-order valence-electron chi connectivity index (χ1n) is 17.6. The van der Waals surface area contributed by atoms with E-state index in [9.17, 15) is 34.8 Å². The molecule has 2 fully saturated rings. The molecule has 19 heteroatoms. The minimum absolute atomic E-state index is 0.0469. The zero-order chi connectivity index (χ0) is 40.1. The van der Waals surface area contributed by atoms with E-state index in [1.807, 2.05) is 18.0 Å². The molecule has 3 aromatic rings. The van der Waals surface area contributed by atoms with E-state index >= 15 is 0 Å². The smallest absolute Gasteiger partial charge is 0.335 e. The van der Waals surface area contributed by atoms with E-state index in [1.54, 1.807) is 66.2 Å². The molecule has 2 saturated heterocycles. The monoisotopic (exact) mass is 782 g/mol. The molecular formula is C36H46N8O10S. The van der Waals surface area contributed by atoms with Crippen LogP contribution >= 0.6 is 12.2 Å². The minimum atomic E-state index is -1.83. The molecule has 2 aliphatic rings. The lowest BCUT2D eigenvalue weighted by atomic mass is 9.92. The number of aliphatic carboxylic acids is 1. The van der Waals surface area contributed by atoms with E-state index in [2.05, 4.69) is 16.9 Å². The average Bonchev–Trinajstić information content (AvgIpc) is 3.60. The SMILES string of the molecule is Cc1cc(COC(=S)N(C)CCN(C)C(=O)n2ccc3c(N(C)[C@H]4CN(C(=O)CC#N)CC[C@H]4C)ncnc32)ccc1O[C@@H]1O[C@H](C(=O)O)[C@@H](O)[C@H](O)[C@H]1O. The zero-order valence-corrected chi connectivity index (χ0v) is 32.0. The Morgan fingerprint density at radius 1 is 1.07 bits per heavy atom. The second-order valence-electron chi connectivity index (χ2n) is 13.9. The molecule has 4 N–H and O–H groups in total. The third-order valence-corrected chi connectivity index (χ3v) is 10.5. The number of carboxylic acid groups (broad SMARTS) is 1. The number of carbonyl (C=O) groups is 3. The maximum Gasteiger partial charge on any atom is 0.335 e. The topological polar surface area (TPSA) is 227 Å². The molecule has 5 rings (SSSR count). The lowest BCUT2D eigenvalue weighted by Gasteiger charge is -2.42. The molecule has 55 heavy (non-hydrogen) atoms. The summed E-state index contributed by atoms with van der Waals surface area (Å²) in [5, 5.41) is 49.4. The van der Waals surface area contributed by atoms with Crippen molar-refractivity contribution in [2.75, 3.05) is 52.2 Å². The van der Waals surface area contributed by atoms with Crippen LogP contribution in [0.1, 0.15) is 30.9 Å². The minimum Gasteiger partial charge on any atom is -0.479 e. The highest BCUT2D eigenvalue weighted by molar-refractivity contribution is 7.80. The Morgan fingerprint density at radius 3 is 2.49 bits per heavy atom. The number of likely N-dealkylation sites (tertiary alicyclic amines) is 1. The number of carboxylic acids is 1. The third-order valence-electron chi connectivity index (χ3n) is 10.1. The highest BCUT2D eigenvalue weighted by Gasteiger charge is 2.48.